The predicted octanol–water partition coefficient (Wildman–Crippen LogP) is 0.537. The molecule has 15 heavy (non-hydrogen) atoms. The van der Waals surface area contributed by atoms with Gasteiger partial charge in [0.05, 0.1) is 11.5 Å². The van der Waals surface area contributed by atoms with E-state index in [4.69, 9.17) is 4.74 Å². The number of sulfone groups is 1. The molecule has 1 N–H and O–H groups in total. The van der Waals surface area contributed by atoms with Crippen LogP contribution in [0.15, 0.2) is 0 Å². The van der Waals surface area contributed by atoms with E-state index >= 15 is 0 Å². The average Bonchev–Trinajstić information content (AvgIpc) is 2.23. The van der Waals surface area contributed by atoms with E-state index in [9.17, 15) is 8.42 Å². The van der Waals surface area contributed by atoms with Crippen LogP contribution in [-0.2, 0) is 14.6 Å². The first kappa shape index (κ1) is 11.4. The van der Waals surface area contributed by atoms with E-state index in [1.807, 2.05) is 0 Å². The van der Waals surface area contributed by atoms with Crippen molar-refractivity contribution in [3.05, 3.63) is 0 Å². The summed E-state index contributed by atoms with van der Waals surface area (Å²) in [5, 5.41) is 3.32. The molecule has 4 nitrogen and oxygen atoms in total. The van der Waals surface area contributed by atoms with E-state index in [1.165, 1.54) is 0 Å². The molecule has 0 amide bonds. The summed E-state index contributed by atoms with van der Waals surface area (Å²) >= 11 is 0. The second-order valence-electron chi connectivity index (χ2n) is 4.50. The Balaban J connectivity index is 1.76. The molecule has 0 aliphatic carbocycles. The largest absolute Gasteiger partial charge is 0.363 e. The van der Waals surface area contributed by atoms with E-state index < -0.39 is 9.84 Å². The number of nitrogens with one attached hydrogen (secondary N) is 1. The van der Waals surface area contributed by atoms with Gasteiger partial charge >= 0.3 is 0 Å². The lowest BCUT2D eigenvalue weighted by molar-refractivity contribution is -0.0140. The van der Waals surface area contributed by atoms with Crippen molar-refractivity contribution in [2.24, 2.45) is 5.92 Å². The van der Waals surface area contributed by atoms with Crippen LogP contribution in [0.1, 0.15) is 25.7 Å². The Kier molecular flexibility index (Phi) is 3.64. The molecule has 1 atom stereocenters. The highest BCUT2D eigenvalue weighted by atomic mass is 32.2. The molecule has 2 saturated heterocycles. The first-order valence-electron chi connectivity index (χ1n) is 5.71. The van der Waals surface area contributed by atoms with E-state index in [-0.39, 0.29) is 6.23 Å². The Bertz CT molecular complexity index is 282. The highest BCUT2D eigenvalue weighted by Crippen LogP contribution is 2.24. The summed E-state index contributed by atoms with van der Waals surface area (Å²) in [5.41, 5.74) is 0. The zero-order chi connectivity index (χ0) is 10.7. The Morgan fingerprint density at radius 1 is 1.27 bits per heavy atom. The molecule has 0 aromatic rings. The van der Waals surface area contributed by atoms with Gasteiger partial charge in [0, 0.05) is 6.61 Å². The Morgan fingerprint density at radius 2 is 2.00 bits per heavy atom. The summed E-state index contributed by atoms with van der Waals surface area (Å²) in [5.74, 6) is 1.25. The van der Waals surface area contributed by atoms with Crippen molar-refractivity contribution in [3.63, 3.8) is 0 Å². The monoisotopic (exact) mass is 233 g/mol. The summed E-state index contributed by atoms with van der Waals surface area (Å²) in [6.45, 7) is 1.86. The predicted molar refractivity (Wildman–Crippen MR) is 58.4 cm³/mol. The molecule has 2 aliphatic heterocycles. The fourth-order valence-corrected chi connectivity index (χ4v) is 3.84. The van der Waals surface area contributed by atoms with Crippen molar-refractivity contribution >= 4 is 9.84 Å². The topological polar surface area (TPSA) is 55.4 Å². The lowest BCUT2D eigenvalue weighted by Gasteiger charge is -2.29. The third-order valence-electron chi connectivity index (χ3n) is 3.23. The lowest BCUT2D eigenvalue weighted by Crippen LogP contribution is -2.40. The molecular weight excluding hydrogens is 214 g/mol. The number of rotatable bonds is 2. The highest BCUT2D eigenvalue weighted by molar-refractivity contribution is 7.91. The molecule has 0 radical (unpaired) electrons. The van der Waals surface area contributed by atoms with Crippen LogP contribution >= 0.6 is 0 Å². The van der Waals surface area contributed by atoms with Gasteiger partial charge in [-0.2, -0.15) is 0 Å². The van der Waals surface area contributed by atoms with Gasteiger partial charge in [0.15, 0.2) is 0 Å². The van der Waals surface area contributed by atoms with Crippen LogP contribution in [0.25, 0.3) is 0 Å². The van der Waals surface area contributed by atoms with Crippen molar-refractivity contribution in [3.8, 4) is 0 Å². The molecule has 2 heterocycles. The fraction of sp³-hybridized carbons (Fsp3) is 1.00. The minimum Gasteiger partial charge on any atom is -0.363 e. The van der Waals surface area contributed by atoms with Crippen LogP contribution in [0.2, 0.25) is 0 Å². The molecule has 0 aromatic heterocycles. The van der Waals surface area contributed by atoms with Gasteiger partial charge in [0.2, 0.25) is 0 Å². The van der Waals surface area contributed by atoms with Gasteiger partial charge < -0.3 is 4.74 Å². The molecule has 2 rings (SSSR count). The van der Waals surface area contributed by atoms with Crippen LogP contribution in [0, 0.1) is 5.92 Å². The maximum atomic E-state index is 11.2. The molecule has 0 spiro atoms. The van der Waals surface area contributed by atoms with Crippen molar-refractivity contribution < 1.29 is 13.2 Å². The van der Waals surface area contributed by atoms with Crippen LogP contribution < -0.4 is 5.32 Å². The zero-order valence-electron chi connectivity index (χ0n) is 8.94. The van der Waals surface area contributed by atoms with Gasteiger partial charge in [-0.1, -0.05) is 0 Å². The first-order chi connectivity index (χ1) is 7.16. The van der Waals surface area contributed by atoms with E-state index in [1.54, 1.807) is 0 Å². The van der Waals surface area contributed by atoms with Gasteiger partial charge in [-0.3, -0.25) is 5.32 Å². The van der Waals surface area contributed by atoms with Crippen molar-refractivity contribution in [1.29, 1.82) is 0 Å². The average molecular weight is 233 g/mol. The third-order valence-corrected chi connectivity index (χ3v) is 4.95. The Hall–Kier alpha value is -0.130. The van der Waals surface area contributed by atoms with Gasteiger partial charge in [0.1, 0.15) is 16.1 Å². The molecule has 88 valence electrons. The third kappa shape index (κ3) is 3.43. The smallest absolute Gasteiger partial charge is 0.150 e. The van der Waals surface area contributed by atoms with Crippen LogP contribution in [-0.4, -0.2) is 39.3 Å². The Morgan fingerprint density at radius 3 is 2.60 bits per heavy atom. The number of hydrogen-bond acceptors (Lipinski definition) is 4. The van der Waals surface area contributed by atoms with Crippen molar-refractivity contribution in [2.45, 2.75) is 31.9 Å². The Labute approximate surface area is 91.3 Å². The fourth-order valence-electron chi connectivity index (χ4n) is 2.25. The summed E-state index contributed by atoms with van der Waals surface area (Å²) in [6, 6.07) is 0. The maximum Gasteiger partial charge on any atom is 0.150 e. The molecule has 1 unspecified atom stereocenters. The standard InChI is InChI=1S/C10H19NO3S/c12-15(13)6-2-9(3-7-15)8-10-11-4-1-5-14-10/h9-11H,1-8H2. The second kappa shape index (κ2) is 4.80. The molecule has 2 aliphatic rings. The quantitative estimate of drug-likeness (QED) is 0.756. The van der Waals surface area contributed by atoms with Gasteiger partial charge in [-0.05, 0) is 38.1 Å². The molecular formula is C10H19NO3S. The second-order valence-corrected chi connectivity index (χ2v) is 6.80. The van der Waals surface area contributed by atoms with E-state index in [0.717, 1.165) is 38.8 Å². The molecule has 2 fully saturated rings. The minimum atomic E-state index is -2.72. The van der Waals surface area contributed by atoms with Gasteiger partial charge in [-0.25, -0.2) is 8.42 Å². The summed E-state index contributed by atoms with van der Waals surface area (Å²) in [6.07, 6.45) is 3.82. The SMILES string of the molecule is O=S1(=O)CCC(CC2NCCCO2)CC1. The molecule has 0 saturated carbocycles. The van der Waals surface area contributed by atoms with E-state index in [2.05, 4.69) is 5.32 Å². The minimum absolute atomic E-state index is 0.157. The van der Waals surface area contributed by atoms with Crippen LogP contribution in [0.4, 0.5) is 0 Å². The van der Waals surface area contributed by atoms with Crippen LogP contribution in [0.3, 0.4) is 0 Å². The van der Waals surface area contributed by atoms with Crippen molar-refractivity contribution in [2.75, 3.05) is 24.7 Å². The van der Waals surface area contributed by atoms with Crippen molar-refractivity contribution in [1.82, 2.24) is 5.32 Å². The van der Waals surface area contributed by atoms with E-state index in [0.29, 0.717) is 17.4 Å². The molecule has 5 heteroatoms. The first-order valence-corrected chi connectivity index (χ1v) is 7.53. The van der Waals surface area contributed by atoms with Gasteiger partial charge in [-0.15, -0.1) is 0 Å². The molecule has 0 aromatic carbocycles. The van der Waals surface area contributed by atoms with Crippen LogP contribution in [0.5, 0.6) is 0 Å². The zero-order valence-corrected chi connectivity index (χ0v) is 9.76. The highest BCUT2D eigenvalue weighted by Gasteiger charge is 2.26. The summed E-state index contributed by atoms with van der Waals surface area (Å²) in [4.78, 5) is 0. The van der Waals surface area contributed by atoms with Gasteiger partial charge in [0.25, 0.3) is 0 Å². The normalized spacial score (nSPS) is 32.7. The summed E-state index contributed by atoms with van der Waals surface area (Å²) < 4.78 is 28.1. The maximum absolute atomic E-state index is 11.2. The number of ether oxygens (including phenoxy) is 1. The number of hydrogen-bond donors (Lipinski definition) is 1. The summed E-state index contributed by atoms with van der Waals surface area (Å²) in [7, 11) is -2.72. The molecule has 0 bridgehead atoms. The lowest BCUT2D eigenvalue weighted by atomic mass is 9.97.